The lowest BCUT2D eigenvalue weighted by Crippen LogP contribution is -2.55. The predicted octanol–water partition coefficient (Wildman–Crippen LogP) is 2.29. The van der Waals surface area contributed by atoms with Crippen molar-refractivity contribution in [2.24, 2.45) is 0 Å². The van der Waals surface area contributed by atoms with Gasteiger partial charge in [-0.1, -0.05) is 6.92 Å². The molecule has 0 amide bonds. The summed E-state index contributed by atoms with van der Waals surface area (Å²) >= 11 is 0. The molecule has 2 aromatic rings. The largest absolute Gasteiger partial charge is 0.507 e. The van der Waals surface area contributed by atoms with Gasteiger partial charge in [-0.2, -0.15) is 0 Å². The number of Topliss-reactive ketones (excluding diaryl/α,β-unsaturated/α-hetero) is 1. The average molecular weight is 801 g/mol. The number of esters is 1. The number of rotatable bonds is 8. The van der Waals surface area contributed by atoms with Crippen LogP contribution in [0, 0.1) is 0 Å². The zero-order chi connectivity index (χ0) is 41.2. The maximum absolute atomic E-state index is 13.9. The molecule has 3 aliphatic heterocycles. The van der Waals surface area contributed by atoms with Crippen LogP contribution in [-0.4, -0.2) is 128 Å². The number of methoxy groups -OCH3 is 1. The van der Waals surface area contributed by atoms with E-state index in [9.17, 15) is 49.8 Å². The molecule has 3 saturated heterocycles. The molecular formula is C40H48O17. The third-order valence-electron chi connectivity index (χ3n) is 11.9. The second kappa shape index (κ2) is 15.6. The van der Waals surface area contributed by atoms with Crippen LogP contribution >= 0.6 is 0 Å². The minimum Gasteiger partial charge on any atom is -0.507 e. The Balaban J connectivity index is 1.11. The number of aromatic hydroxyl groups is 3. The molecule has 5 aliphatic rings. The summed E-state index contributed by atoms with van der Waals surface area (Å²) in [5.74, 6) is -6.15. The van der Waals surface area contributed by atoms with Gasteiger partial charge in [0.2, 0.25) is 5.78 Å². The number of benzene rings is 2. The molecule has 17 heteroatoms. The first-order valence-corrected chi connectivity index (χ1v) is 19.1. The number of hydrogen-bond acceptors (Lipinski definition) is 17. The van der Waals surface area contributed by atoms with Crippen LogP contribution in [0.1, 0.15) is 121 Å². The van der Waals surface area contributed by atoms with Crippen LogP contribution in [0.2, 0.25) is 0 Å². The SMILES string of the molecule is CC[C@@]1(O)C[C@H](OC2CC(O)C(OC3CC(O)C(OC4CCC(=O)C(C)O4)C(C)O3)C(C)O2)c2c(cc3c(c2O)C(=O)c2c(O)ccc(O)c2C3=O)[C@H]1C(=O)OC. The van der Waals surface area contributed by atoms with Crippen LogP contribution in [0.15, 0.2) is 18.2 Å². The first-order valence-electron chi connectivity index (χ1n) is 19.1. The van der Waals surface area contributed by atoms with Gasteiger partial charge in [-0.3, -0.25) is 19.2 Å². The number of ether oxygens (including phenoxy) is 7. The van der Waals surface area contributed by atoms with Gasteiger partial charge in [0.15, 0.2) is 30.4 Å². The van der Waals surface area contributed by atoms with E-state index in [4.69, 9.17) is 33.2 Å². The zero-order valence-corrected chi connectivity index (χ0v) is 32.1. The van der Waals surface area contributed by atoms with Crippen molar-refractivity contribution in [2.75, 3.05) is 7.11 Å². The second-order valence-corrected chi connectivity index (χ2v) is 15.5. The Morgan fingerprint density at radius 2 is 1.39 bits per heavy atom. The van der Waals surface area contributed by atoms with Gasteiger partial charge in [-0.15, -0.1) is 0 Å². The molecule has 3 heterocycles. The number of hydrogen-bond donors (Lipinski definition) is 6. The molecule has 6 N–H and O–H groups in total. The number of phenolic OH excluding ortho intramolecular Hbond substituents is 3. The maximum Gasteiger partial charge on any atom is 0.316 e. The molecule has 57 heavy (non-hydrogen) atoms. The lowest BCUT2D eigenvalue weighted by molar-refractivity contribution is -0.330. The molecule has 0 aromatic heterocycles. The summed E-state index contributed by atoms with van der Waals surface area (Å²) in [5.41, 5.74) is -3.88. The van der Waals surface area contributed by atoms with E-state index in [0.29, 0.717) is 12.8 Å². The normalized spacial score (nSPS) is 36.6. The quantitative estimate of drug-likeness (QED) is 0.141. The molecule has 0 bridgehead atoms. The fraction of sp³-hybridized carbons (Fsp3) is 0.600. The summed E-state index contributed by atoms with van der Waals surface area (Å²) in [6.07, 6.45) is -10.0. The van der Waals surface area contributed by atoms with E-state index < -0.39 is 131 Å². The summed E-state index contributed by atoms with van der Waals surface area (Å²) in [6.45, 7) is 6.60. The van der Waals surface area contributed by atoms with Gasteiger partial charge in [-0.25, -0.2) is 0 Å². The Morgan fingerprint density at radius 1 is 0.825 bits per heavy atom. The highest BCUT2D eigenvalue weighted by Gasteiger charge is 2.53. The number of aliphatic hydroxyl groups excluding tert-OH is 2. The van der Waals surface area contributed by atoms with Crippen molar-refractivity contribution in [1.82, 2.24) is 0 Å². The highest BCUT2D eigenvalue weighted by molar-refractivity contribution is 6.31. The first kappa shape index (κ1) is 41.1. The van der Waals surface area contributed by atoms with Crippen molar-refractivity contribution in [3.05, 3.63) is 51.6 Å². The zero-order valence-electron chi connectivity index (χ0n) is 32.1. The molecule has 13 atom stereocenters. The Kier molecular flexibility index (Phi) is 11.3. The molecular weight excluding hydrogens is 752 g/mol. The van der Waals surface area contributed by atoms with E-state index in [-0.39, 0.29) is 48.2 Å². The second-order valence-electron chi connectivity index (χ2n) is 15.5. The van der Waals surface area contributed by atoms with Gasteiger partial charge in [0.25, 0.3) is 0 Å². The first-order chi connectivity index (χ1) is 27.0. The van der Waals surface area contributed by atoms with Crippen LogP contribution < -0.4 is 0 Å². The standard InChI is InChI=1S/C40H48O17/c1-6-40(50)14-25(29-18(33(40)39(49)51-5)11-19-30(35(29)47)36(48)32-22(43)8-7-21(42)31(32)34(19)46)55-27-12-23(44)38(17(4)53-27)57-28-13-24(45)37(16(3)54-28)56-26-10-9-20(41)15(2)52-26/h7-8,11,15-17,23-28,33,37-38,42-45,47,50H,6,9-10,12-14H2,1-5H3/t15?,16?,17?,23?,24?,25-,26?,27?,28?,33-,37?,38?,40+/m0/s1. The summed E-state index contributed by atoms with van der Waals surface area (Å²) in [7, 11) is 1.12. The predicted molar refractivity (Wildman–Crippen MR) is 191 cm³/mol. The van der Waals surface area contributed by atoms with Crippen molar-refractivity contribution < 1.29 is 83.0 Å². The smallest absolute Gasteiger partial charge is 0.316 e. The molecule has 10 unspecified atom stereocenters. The Labute approximate surface area is 327 Å². The van der Waals surface area contributed by atoms with Gasteiger partial charge in [0.05, 0.1) is 59.9 Å². The molecule has 2 aliphatic carbocycles. The maximum atomic E-state index is 13.9. The Hall–Kier alpha value is -4.04. The van der Waals surface area contributed by atoms with Gasteiger partial charge in [0, 0.05) is 43.2 Å². The minimum atomic E-state index is -1.85. The summed E-state index contributed by atoms with van der Waals surface area (Å²) in [4.78, 5) is 52.8. The molecule has 7 rings (SSSR count). The number of phenols is 3. The molecule has 2 aromatic carbocycles. The summed E-state index contributed by atoms with van der Waals surface area (Å²) in [6, 6.07) is 3.28. The minimum absolute atomic E-state index is 0.00537. The average Bonchev–Trinajstić information content (AvgIpc) is 3.15. The van der Waals surface area contributed by atoms with E-state index in [1.54, 1.807) is 27.7 Å². The Bertz CT molecular complexity index is 1920. The monoisotopic (exact) mass is 800 g/mol. The third kappa shape index (κ3) is 7.23. The van der Waals surface area contributed by atoms with Crippen molar-refractivity contribution in [2.45, 2.75) is 145 Å². The van der Waals surface area contributed by atoms with Gasteiger partial charge in [-0.05, 0) is 51.0 Å². The lowest BCUT2D eigenvalue weighted by Gasteiger charge is -2.46. The van der Waals surface area contributed by atoms with Crippen LogP contribution in [0.25, 0.3) is 0 Å². The molecule has 3 fully saturated rings. The highest BCUT2D eigenvalue weighted by atomic mass is 16.7. The summed E-state index contributed by atoms with van der Waals surface area (Å²) in [5, 5.41) is 67.3. The van der Waals surface area contributed by atoms with Crippen LogP contribution in [0.5, 0.6) is 17.2 Å². The number of fused-ring (bicyclic) bond motifs is 3. The van der Waals surface area contributed by atoms with Crippen molar-refractivity contribution in [3.8, 4) is 17.2 Å². The van der Waals surface area contributed by atoms with Crippen molar-refractivity contribution in [1.29, 1.82) is 0 Å². The van der Waals surface area contributed by atoms with E-state index >= 15 is 0 Å². The topological polar surface area (TPSA) is 254 Å². The Morgan fingerprint density at radius 3 is 1.93 bits per heavy atom. The summed E-state index contributed by atoms with van der Waals surface area (Å²) < 4.78 is 41.3. The molecule has 0 radical (unpaired) electrons. The fourth-order valence-corrected chi connectivity index (χ4v) is 8.83. The van der Waals surface area contributed by atoms with Gasteiger partial charge < -0.3 is 63.8 Å². The van der Waals surface area contributed by atoms with Crippen molar-refractivity contribution in [3.63, 3.8) is 0 Å². The van der Waals surface area contributed by atoms with Gasteiger partial charge >= 0.3 is 5.97 Å². The van der Waals surface area contributed by atoms with E-state index in [0.717, 1.165) is 19.2 Å². The van der Waals surface area contributed by atoms with Gasteiger partial charge in [0.1, 0.15) is 41.5 Å². The van der Waals surface area contributed by atoms with Crippen LogP contribution in [0.3, 0.4) is 0 Å². The van der Waals surface area contributed by atoms with Crippen LogP contribution in [0.4, 0.5) is 0 Å². The van der Waals surface area contributed by atoms with E-state index in [1.165, 1.54) is 6.07 Å². The molecule has 0 spiro atoms. The lowest BCUT2D eigenvalue weighted by atomic mass is 9.67. The number of aliphatic hydroxyl groups is 3. The van der Waals surface area contributed by atoms with Crippen LogP contribution in [-0.2, 0) is 42.7 Å². The molecule has 17 nitrogen and oxygen atoms in total. The molecule has 0 saturated carbocycles. The number of carbonyl (C=O) groups excluding carboxylic acids is 4. The third-order valence-corrected chi connectivity index (χ3v) is 11.9. The number of carbonyl (C=O) groups is 4. The number of ketones is 3. The van der Waals surface area contributed by atoms with E-state index in [2.05, 4.69) is 0 Å². The fourth-order valence-electron chi connectivity index (χ4n) is 8.83. The van der Waals surface area contributed by atoms with Crippen molar-refractivity contribution >= 4 is 23.3 Å². The highest BCUT2D eigenvalue weighted by Crippen LogP contribution is 2.54. The molecule has 310 valence electrons. The van der Waals surface area contributed by atoms with E-state index in [1.807, 2.05) is 0 Å².